The molecule has 0 atom stereocenters. The summed E-state index contributed by atoms with van der Waals surface area (Å²) in [6.07, 6.45) is 0. The van der Waals surface area contributed by atoms with E-state index in [-0.39, 0.29) is 74.5 Å². The van der Waals surface area contributed by atoms with Crippen molar-refractivity contribution < 1.29 is 55.7 Å². The van der Waals surface area contributed by atoms with Crippen LogP contribution < -0.4 is 20.0 Å². The number of anilines is 4. The maximum absolute atomic E-state index is 14.0. The molecule has 0 saturated heterocycles. The number of aryl methyl sites for hydroxylation is 4. The normalized spacial score (nSPS) is 11.5. The van der Waals surface area contributed by atoms with E-state index < -0.39 is 0 Å². The van der Waals surface area contributed by atoms with Crippen molar-refractivity contribution >= 4 is 66.4 Å². The number of para-hydroxylation sites is 6. The number of aromatic nitrogens is 2. The van der Waals surface area contributed by atoms with Gasteiger partial charge in [0.05, 0.1) is 58.0 Å². The molecule has 464 valence electrons. The molecule has 0 amide bonds. The molecule has 12 aromatic rings. The number of phenolic OH excluding ortho intramolecular Hbond substituents is 2. The Hall–Kier alpha value is -8.61. The van der Waals surface area contributed by atoms with Crippen molar-refractivity contribution in [3.8, 4) is 56.6 Å². The molecule has 0 aliphatic carbocycles. The van der Waals surface area contributed by atoms with Crippen LogP contribution in [-0.2, 0) is 46.1 Å². The molecular formula is C80H84HfN4O6. The molecule has 10 aromatic carbocycles. The molecule has 0 fully saturated rings. The van der Waals surface area contributed by atoms with Crippen molar-refractivity contribution in [3.05, 3.63) is 242 Å². The molecule has 0 bridgehead atoms. The van der Waals surface area contributed by atoms with E-state index >= 15 is 0 Å². The third-order valence-corrected chi connectivity index (χ3v) is 16.7. The van der Waals surface area contributed by atoms with E-state index in [0.29, 0.717) is 60.2 Å². The van der Waals surface area contributed by atoms with Gasteiger partial charge in [-0.3, -0.25) is 0 Å². The number of hydrogen-bond donors (Lipinski definition) is 2. The van der Waals surface area contributed by atoms with Gasteiger partial charge >= 0.3 is 25.8 Å². The molecule has 2 heterocycles. The predicted molar refractivity (Wildman–Crippen MR) is 374 cm³/mol. The van der Waals surface area contributed by atoms with Gasteiger partial charge in [0.1, 0.15) is 0 Å². The van der Waals surface area contributed by atoms with E-state index in [9.17, 15) is 20.4 Å². The average molecular weight is 1380 g/mol. The smallest absolute Gasteiger partial charge is 0.872 e. The molecule has 12 rings (SSSR count). The molecule has 91 heavy (non-hydrogen) atoms. The molecule has 0 aliphatic heterocycles. The van der Waals surface area contributed by atoms with E-state index in [4.69, 9.17) is 9.47 Å². The third-order valence-electron chi connectivity index (χ3n) is 16.7. The monoisotopic (exact) mass is 1380 g/mol. The molecule has 0 aliphatic rings. The summed E-state index contributed by atoms with van der Waals surface area (Å²) in [6, 6.07) is 65.1. The van der Waals surface area contributed by atoms with Gasteiger partial charge in [0.2, 0.25) is 0 Å². The van der Waals surface area contributed by atoms with Gasteiger partial charge in [-0.2, -0.15) is 0 Å². The fraction of sp³-hybridized carbons (Fsp3) is 0.225. The van der Waals surface area contributed by atoms with Crippen LogP contribution in [0.25, 0.3) is 77.2 Å². The Morgan fingerprint density at radius 3 is 0.978 bits per heavy atom. The number of hydrogen-bond acceptors (Lipinski definition) is 8. The van der Waals surface area contributed by atoms with E-state index in [0.717, 1.165) is 99.5 Å². The van der Waals surface area contributed by atoms with Gasteiger partial charge in [0.25, 0.3) is 0 Å². The SMILES string of the molecule is COCCN(c1ccccc1-c1cc(C)cc(C(C)(C)C)c1[O-])c1cc(C)cc(-n2c3ccccc3c3ccccc32)c1O.COCCN(c1ccccc1-c1cc(C)cc(C(C)(C)C)c1[O-])c1cc(C)cc(-n2c3ccccc3c3ccccc32)c1O.[CH3-].[CH3-].[Hf+4]. The van der Waals surface area contributed by atoms with E-state index in [1.54, 1.807) is 14.2 Å². The summed E-state index contributed by atoms with van der Waals surface area (Å²) in [5.74, 6) is 0.383. The van der Waals surface area contributed by atoms with Crippen LogP contribution in [0.4, 0.5) is 22.7 Å². The van der Waals surface area contributed by atoms with Crippen LogP contribution in [0.3, 0.4) is 0 Å². The van der Waals surface area contributed by atoms with Gasteiger partial charge in [0.15, 0.2) is 11.5 Å². The molecule has 11 heteroatoms. The van der Waals surface area contributed by atoms with Crippen molar-refractivity contribution in [2.45, 2.75) is 80.1 Å². The Kier molecular flexibility index (Phi) is 20.9. The summed E-state index contributed by atoms with van der Waals surface area (Å²) in [4.78, 5) is 4.16. The Bertz CT molecular complexity index is 4190. The minimum atomic E-state index is -0.297. The van der Waals surface area contributed by atoms with Crippen LogP contribution in [0, 0.1) is 42.5 Å². The number of methoxy groups -OCH3 is 2. The summed E-state index contributed by atoms with van der Waals surface area (Å²) in [5, 5.41) is 56.8. The van der Waals surface area contributed by atoms with Crippen LogP contribution in [0.2, 0.25) is 0 Å². The zero-order valence-electron chi connectivity index (χ0n) is 55.1. The average Bonchev–Trinajstić information content (AvgIpc) is 1.68. The third kappa shape index (κ3) is 13.2. The summed E-state index contributed by atoms with van der Waals surface area (Å²) < 4.78 is 15.4. The van der Waals surface area contributed by atoms with E-state index in [1.165, 1.54) is 0 Å². The Morgan fingerprint density at radius 2 is 0.670 bits per heavy atom. The van der Waals surface area contributed by atoms with Gasteiger partial charge in [-0.1, -0.05) is 198 Å². The second-order valence-corrected chi connectivity index (χ2v) is 25.2. The first-order valence-electron chi connectivity index (χ1n) is 30.2. The van der Waals surface area contributed by atoms with Gasteiger partial charge < -0.3 is 63.7 Å². The van der Waals surface area contributed by atoms with Gasteiger partial charge in [0, 0.05) is 71.4 Å². The molecule has 2 aromatic heterocycles. The van der Waals surface area contributed by atoms with Crippen LogP contribution >= 0.6 is 0 Å². The largest absolute Gasteiger partial charge is 4.00 e. The van der Waals surface area contributed by atoms with Gasteiger partial charge in [-0.15, -0.1) is 0 Å². The van der Waals surface area contributed by atoms with E-state index in [2.05, 4.69) is 109 Å². The molecule has 0 radical (unpaired) electrons. The van der Waals surface area contributed by atoms with Crippen LogP contribution in [0.1, 0.15) is 74.9 Å². The van der Waals surface area contributed by atoms with Crippen molar-refractivity contribution in [1.29, 1.82) is 0 Å². The second kappa shape index (κ2) is 27.9. The molecule has 0 saturated carbocycles. The van der Waals surface area contributed by atoms with Crippen LogP contribution in [-0.4, -0.2) is 59.9 Å². The Balaban J connectivity index is 0.000000227. The minimum absolute atomic E-state index is 0. The fourth-order valence-corrected chi connectivity index (χ4v) is 12.6. The zero-order valence-corrected chi connectivity index (χ0v) is 58.7. The first-order valence-corrected chi connectivity index (χ1v) is 30.2. The number of aromatic hydroxyl groups is 2. The van der Waals surface area contributed by atoms with E-state index in [1.807, 2.05) is 173 Å². The predicted octanol–water partition coefficient (Wildman–Crippen LogP) is 18.8. The minimum Gasteiger partial charge on any atom is -0.872 e. The van der Waals surface area contributed by atoms with Crippen LogP contribution in [0.15, 0.2) is 194 Å². The Morgan fingerprint density at radius 1 is 0.385 bits per heavy atom. The summed E-state index contributed by atoms with van der Waals surface area (Å²) in [7, 11) is 3.35. The number of phenols is 2. The summed E-state index contributed by atoms with van der Waals surface area (Å²) in [5.41, 5.74) is 16.5. The van der Waals surface area contributed by atoms with Crippen molar-refractivity contribution in [2.75, 3.05) is 50.3 Å². The topological polar surface area (TPSA) is 121 Å². The first kappa shape index (κ1) is 68.3. The standard InChI is InChI=1S/2C39H40N2O3.2CH3.Hf/c2*1-25-21-30(37(42)31(22-25)39(3,4)5)29-15-7-10-16-32(29)40(19-20-44-6)35-23-26(2)24-36(38(35)43)41-33-17-11-8-13-27(33)28-14-9-12-18-34(28)41;;;/h2*7-18,21-24,42-43H,19-20H2,1-6H3;2*1H3;/q;;2*-1;+4/p-2. The number of nitrogens with zero attached hydrogens (tertiary/aromatic N) is 4. The Labute approximate surface area is 557 Å². The van der Waals surface area contributed by atoms with Crippen molar-refractivity contribution in [3.63, 3.8) is 0 Å². The molecular weight excluding hydrogens is 1290 g/mol. The van der Waals surface area contributed by atoms with Gasteiger partial charge in [-0.25, -0.2) is 0 Å². The van der Waals surface area contributed by atoms with Crippen LogP contribution in [0.5, 0.6) is 23.0 Å². The molecule has 2 N–H and O–H groups in total. The maximum atomic E-state index is 14.0. The second-order valence-electron chi connectivity index (χ2n) is 25.2. The van der Waals surface area contributed by atoms with Crippen molar-refractivity contribution in [2.24, 2.45) is 0 Å². The first-order chi connectivity index (χ1) is 42.2. The number of benzene rings is 10. The summed E-state index contributed by atoms with van der Waals surface area (Å²) in [6.45, 7) is 22.4. The van der Waals surface area contributed by atoms with Gasteiger partial charge in [-0.05, 0) is 133 Å². The molecule has 10 nitrogen and oxygen atoms in total. The quantitative estimate of drug-likeness (QED) is 0.0816. The number of ether oxygens (including phenoxy) is 2. The maximum Gasteiger partial charge on any atom is 4.00 e. The number of rotatable bonds is 14. The fourth-order valence-electron chi connectivity index (χ4n) is 12.6. The number of fused-ring (bicyclic) bond motifs is 6. The summed E-state index contributed by atoms with van der Waals surface area (Å²) >= 11 is 0. The van der Waals surface area contributed by atoms with Crippen molar-refractivity contribution in [1.82, 2.24) is 9.13 Å². The molecule has 0 spiro atoms. The molecule has 0 unspecified atom stereocenters. The zero-order chi connectivity index (χ0) is 62.3.